The smallest absolute Gasteiger partial charge is 0.166 e. The molecular formula is C114H72N8S2. The summed E-state index contributed by atoms with van der Waals surface area (Å²) in [5, 5.41) is 10.0. The number of benzene rings is 18. The van der Waals surface area contributed by atoms with E-state index in [0.717, 1.165) is 77.9 Å². The molecule has 6 heterocycles. The first-order chi connectivity index (χ1) is 61.5. The lowest BCUT2D eigenvalue weighted by atomic mass is 9.98. The minimum atomic E-state index is 0.618. The lowest BCUT2D eigenvalue weighted by molar-refractivity contribution is 1.06. The van der Waals surface area contributed by atoms with Crippen LogP contribution in [0.15, 0.2) is 437 Å². The van der Waals surface area contributed by atoms with E-state index in [1.807, 2.05) is 71.2 Å². The van der Waals surface area contributed by atoms with Crippen molar-refractivity contribution in [3.63, 3.8) is 0 Å². The molecular weight excluding hydrogens is 1550 g/mol. The van der Waals surface area contributed by atoms with E-state index in [9.17, 15) is 0 Å². The molecule has 8 nitrogen and oxygen atoms in total. The van der Waals surface area contributed by atoms with Gasteiger partial charge in [-0.25, -0.2) is 29.9 Å². The largest absolute Gasteiger partial charge is 0.308 e. The number of hydrogen-bond donors (Lipinski definition) is 0. The van der Waals surface area contributed by atoms with Crippen LogP contribution in [0.5, 0.6) is 0 Å². The number of hydrogen-bond acceptors (Lipinski definition) is 8. The van der Waals surface area contributed by atoms with Crippen molar-refractivity contribution in [3.8, 4) is 146 Å². The second-order valence-corrected chi connectivity index (χ2v) is 33.1. The fraction of sp³-hybridized carbons (Fsp3) is 0. The van der Waals surface area contributed by atoms with Gasteiger partial charge in [-0.2, -0.15) is 0 Å². The third-order valence-electron chi connectivity index (χ3n) is 23.8. The van der Waals surface area contributed by atoms with Crippen LogP contribution in [0, 0.1) is 0 Å². The van der Waals surface area contributed by atoms with Crippen LogP contribution in [0.2, 0.25) is 0 Å². The van der Waals surface area contributed by atoms with Crippen molar-refractivity contribution in [1.29, 1.82) is 0 Å². The molecule has 0 aliphatic heterocycles. The van der Waals surface area contributed by atoms with Crippen LogP contribution in [0.25, 0.3) is 230 Å². The van der Waals surface area contributed by atoms with E-state index in [-0.39, 0.29) is 0 Å². The molecule has 0 atom stereocenters. The zero-order valence-corrected chi connectivity index (χ0v) is 68.6. The Kier molecular flexibility index (Phi) is 18.5. The van der Waals surface area contributed by atoms with Crippen LogP contribution in [-0.2, 0) is 0 Å². The summed E-state index contributed by atoms with van der Waals surface area (Å²) in [6, 6.07) is 155. The lowest BCUT2D eigenvalue weighted by Gasteiger charge is -2.14. The predicted octanol–water partition coefficient (Wildman–Crippen LogP) is 30.7. The maximum atomic E-state index is 5.24. The Bertz CT molecular complexity index is 8170. The molecule has 124 heavy (non-hydrogen) atoms. The van der Waals surface area contributed by atoms with Gasteiger partial charge in [-0.15, -0.1) is 22.7 Å². The number of thiophene rings is 2. The standard InChI is InChI=1S/2C57H36N4S/c1-4-16-37(17-5-1)39-30-32-41(33-31-39)56-58-55(40-20-8-3-9-21-40)59-57(60-56)48-25-11-13-29-50(48)61-49-28-12-10-24-47(49)52-51(61)35-34-46-45-27-15-26-44(53(45)62-54(46)52)43-23-14-22-42(36-43)38-18-6-2-7-19-38;1-4-15-37(16-5-1)39-27-31-41(32-28-39)44-23-14-24-45-46-35-36-51-52(54(46)62-53(44)45)47-21-10-12-25-49(47)61(51)50-26-13-11-22-48(50)57-59-55(42-19-8-3-9-20-42)58-56(60-57)43-33-29-40(30-34-43)38-17-6-2-7-18-38/h2*1-36H. The summed E-state index contributed by atoms with van der Waals surface area (Å²) in [4.78, 5) is 31.0. The van der Waals surface area contributed by atoms with Crippen LogP contribution in [0.3, 0.4) is 0 Å². The Morgan fingerprint density at radius 3 is 0.815 bits per heavy atom. The monoisotopic (exact) mass is 1620 g/mol. The summed E-state index contributed by atoms with van der Waals surface area (Å²) >= 11 is 3.78. The first-order valence-corrected chi connectivity index (χ1v) is 43.3. The fourth-order valence-electron chi connectivity index (χ4n) is 17.8. The summed E-state index contributed by atoms with van der Waals surface area (Å²) in [7, 11) is 0. The van der Waals surface area contributed by atoms with Crippen molar-refractivity contribution < 1.29 is 0 Å². The molecule has 0 radical (unpaired) electrons. The molecule has 0 saturated heterocycles. The van der Waals surface area contributed by atoms with Crippen LogP contribution >= 0.6 is 22.7 Å². The van der Waals surface area contributed by atoms with Crippen molar-refractivity contribution >= 4 is 107 Å². The zero-order chi connectivity index (χ0) is 82.0. The van der Waals surface area contributed by atoms with Crippen LogP contribution in [0.1, 0.15) is 0 Å². The maximum absolute atomic E-state index is 5.24. The molecule has 6 aromatic heterocycles. The van der Waals surface area contributed by atoms with E-state index in [4.69, 9.17) is 29.9 Å². The van der Waals surface area contributed by atoms with Gasteiger partial charge in [0.15, 0.2) is 34.9 Å². The summed E-state index contributed by atoms with van der Waals surface area (Å²) in [5.74, 6) is 3.76. The molecule has 0 aliphatic carbocycles. The number of nitrogens with zero attached hydrogens (tertiary/aromatic N) is 8. The van der Waals surface area contributed by atoms with Gasteiger partial charge in [0.25, 0.3) is 0 Å². The SMILES string of the molecule is c1ccc(-c2ccc(-c3nc(-c4ccccc4)nc(-c4ccccc4-n4c5ccccc5c5c6sc7c(-c8ccc(-c9ccccc9)cc8)cccc7c6ccc54)n3)cc2)cc1.c1ccc(-c2ccc(-c3nc(-c4ccccc4)nc(-c4ccccc4-n4c5ccccc5c5c6sc7c(-c8cccc(-c9ccccc9)c8)cccc7c6ccc54)n3)cc2)cc1. The second kappa shape index (κ2) is 31.3. The molecule has 0 saturated carbocycles. The first-order valence-electron chi connectivity index (χ1n) is 41.7. The highest BCUT2D eigenvalue weighted by molar-refractivity contribution is 7.27. The molecule has 0 spiro atoms. The van der Waals surface area contributed by atoms with Crippen molar-refractivity contribution in [2.75, 3.05) is 0 Å². The second-order valence-electron chi connectivity index (χ2n) is 31.1. The molecule has 0 fully saturated rings. The molecule has 580 valence electrons. The third-order valence-corrected chi connectivity index (χ3v) is 26.3. The van der Waals surface area contributed by atoms with E-state index >= 15 is 0 Å². The number of fused-ring (bicyclic) bond motifs is 14. The number of aromatic nitrogens is 8. The molecule has 0 bridgehead atoms. The van der Waals surface area contributed by atoms with Crippen molar-refractivity contribution in [2.45, 2.75) is 0 Å². The number of rotatable bonds is 14. The molecule has 0 amide bonds. The third kappa shape index (κ3) is 13.2. The first kappa shape index (κ1) is 73.2. The van der Waals surface area contributed by atoms with Gasteiger partial charge in [-0.3, -0.25) is 0 Å². The molecule has 24 aromatic rings. The topological polar surface area (TPSA) is 87.2 Å². The Balaban J connectivity index is 0.000000143. The van der Waals surface area contributed by atoms with Gasteiger partial charge in [0.1, 0.15) is 0 Å². The van der Waals surface area contributed by atoms with Crippen LogP contribution < -0.4 is 0 Å². The highest BCUT2D eigenvalue weighted by atomic mass is 32.1. The normalized spacial score (nSPS) is 11.5. The average Bonchev–Trinajstić information content (AvgIpc) is 1.56. The quantitative estimate of drug-likeness (QED) is 0.108. The molecule has 18 aromatic carbocycles. The fourth-order valence-corrected chi connectivity index (χ4v) is 20.6. The predicted molar refractivity (Wildman–Crippen MR) is 519 cm³/mol. The number of para-hydroxylation sites is 4. The molecule has 0 aliphatic rings. The maximum Gasteiger partial charge on any atom is 0.166 e. The Hall–Kier alpha value is -16.0. The molecule has 0 unspecified atom stereocenters. The lowest BCUT2D eigenvalue weighted by Crippen LogP contribution is -2.03. The van der Waals surface area contributed by atoms with E-state index in [1.54, 1.807) is 0 Å². The molecule has 0 N–H and O–H groups in total. The van der Waals surface area contributed by atoms with Crippen molar-refractivity contribution in [1.82, 2.24) is 39.0 Å². The minimum absolute atomic E-state index is 0.618. The minimum Gasteiger partial charge on any atom is -0.308 e. The summed E-state index contributed by atoms with van der Waals surface area (Å²) in [5.41, 5.74) is 26.6. The summed E-state index contributed by atoms with van der Waals surface area (Å²) < 4.78 is 9.94. The van der Waals surface area contributed by atoms with Gasteiger partial charge in [-0.05, 0) is 121 Å². The van der Waals surface area contributed by atoms with Gasteiger partial charge in [0.2, 0.25) is 0 Å². The Labute approximate surface area is 723 Å². The van der Waals surface area contributed by atoms with E-state index in [0.29, 0.717) is 34.9 Å². The summed E-state index contributed by atoms with van der Waals surface area (Å²) in [6.07, 6.45) is 0. The van der Waals surface area contributed by atoms with E-state index < -0.39 is 0 Å². The van der Waals surface area contributed by atoms with Gasteiger partial charge < -0.3 is 9.13 Å². The van der Waals surface area contributed by atoms with Gasteiger partial charge in [-0.1, -0.05) is 382 Å². The Morgan fingerprint density at radius 2 is 0.411 bits per heavy atom. The van der Waals surface area contributed by atoms with Crippen LogP contribution in [0.4, 0.5) is 0 Å². The highest BCUT2D eigenvalue weighted by Gasteiger charge is 2.26. The van der Waals surface area contributed by atoms with Crippen molar-refractivity contribution in [3.05, 3.63) is 437 Å². The highest BCUT2D eigenvalue weighted by Crippen LogP contribution is 2.50. The van der Waals surface area contributed by atoms with Gasteiger partial charge >= 0.3 is 0 Å². The van der Waals surface area contributed by atoms with Crippen molar-refractivity contribution in [2.24, 2.45) is 0 Å². The zero-order valence-electron chi connectivity index (χ0n) is 67.0. The van der Waals surface area contributed by atoms with Crippen LogP contribution in [-0.4, -0.2) is 39.0 Å². The molecule has 10 heteroatoms. The molecule has 24 rings (SSSR count). The van der Waals surface area contributed by atoms with Gasteiger partial charge in [0.05, 0.1) is 33.4 Å². The average molecular weight is 1620 g/mol. The summed E-state index contributed by atoms with van der Waals surface area (Å²) in [6.45, 7) is 0. The van der Waals surface area contributed by atoms with E-state index in [2.05, 4.69) is 397 Å². The Morgan fingerprint density at radius 1 is 0.153 bits per heavy atom. The van der Waals surface area contributed by atoms with E-state index in [1.165, 1.54) is 118 Å². The van der Waals surface area contributed by atoms with Gasteiger partial charge in [0, 0.05) is 95.3 Å².